The highest BCUT2D eigenvalue weighted by molar-refractivity contribution is 6.32. The lowest BCUT2D eigenvalue weighted by molar-refractivity contribution is -0.384. The fraction of sp³-hybridized carbons (Fsp3) is 0. The van der Waals surface area contributed by atoms with Crippen molar-refractivity contribution in [3.63, 3.8) is 0 Å². The standard InChI is InChI=1S/C4H3ClN2O2/c5-3-1-6-2-4(3)7(8)9/h1-2,6H. The molecule has 4 nitrogen and oxygen atoms in total. The third kappa shape index (κ3) is 1.02. The molecule has 0 saturated carbocycles. The van der Waals surface area contributed by atoms with Crippen molar-refractivity contribution in [3.05, 3.63) is 27.5 Å². The van der Waals surface area contributed by atoms with Crippen molar-refractivity contribution in [2.24, 2.45) is 0 Å². The Bertz CT molecular complexity index is 232. The highest BCUT2D eigenvalue weighted by Gasteiger charge is 2.10. The van der Waals surface area contributed by atoms with Gasteiger partial charge in [-0.3, -0.25) is 10.1 Å². The Kier molecular flexibility index (Phi) is 1.40. The van der Waals surface area contributed by atoms with Crippen LogP contribution in [0.5, 0.6) is 0 Å². The third-order valence-corrected chi connectivity index (χ3v) is 1.17. The van der Waals surface area contributed by atoms with E-state index >= 15 is 0 Å². The van der Waals surface area contributed by atoms with Gasteiger partial charge in [0.2, 0.25) is 0 Å². The van der Waals surface area contributed by atoms with Gasteiger partial charge in [-0.05, 0) is 0 Å². The smallest absolute Gasteiger partial charge is 0.305 e. The van der Waals surface area contributed by atoms with Crippen LogP contribution in [0, 0.1) is 10.1 Å². The van der Waals surface area contributed by atoms with Crippen molar-refractivity contribution < 1.29 is 4.92 Å². The Balaban J connectivity index is 3.08. The minimum Gasteiger partial charge on any atom is -0.360 e. The van der Waals surface area contributed by atoms with Crippen LogP contribution in [0.25, 0.3) is 0 Å². The molecule has 0 fully saturated rings. The van der Waals surface area contributed by atoms with Gasteiger partial charge in [0.1, 0.15) is 5.02 Å². The summed E-state index contributed by atoms with van der Waals surface area (Å²) in [6.45, 7) is 0. The molecular formula is C4H3ClN2O2. The quantitative estimate of drug-likeness (QED) is 0.483. The normalized spacial score (nSPS) is 9.44. The van der Waals surface area contributed by atoms with E-state index in [0.717, 1.165) is 0 Å². The van der Waals surface area contributed by atoms with Crippen molar-refractivity contribution >= 4 is 17.3 Å². The van der Waals surface area contributed by atoms with Gasteiger partial charge < -0.3 is 4.98 Å². The molecule has 0 aliphatic rings. The average molecular weight is 147 g/mol. The lowest BCUT2D eigenvalue weighted by Gasteiger charge is -1.81. The van der Waals surface area contributed by atoms with Gasteiger partial charge in [-0.25, -0.2) is 0 Å². The molecule has 0 amide bonds. The molecule has 0 spiro atoms. The fourth-order valence-electron chi connectivity index (χ4n) is 0.477. The first-order valence-electron chi connectivity index (χ1n) is 2.18. The summed E-state index contributed by atoms with van der Waals surface area (Å²) in [6.07, 6.45) is 2.60. The van der Waals surface area contributed by atoms with Gasteiger partial charge in [0.15, 0.2) is 0 Å². The predicted molar refractivity (Wildman–Crippen MR) is 32.5 cm³/mol. The Morgan fingerprint density at radius 3 is 2.56 bits per heavy atom. The molecular weight excluding hydrogens is 144 g/mol. The molecule has 1 heterocycles. The number of aromatic nitrogens is 1. The van der Waals surface area contributed by atoms with E-state index in [1.54, 1.807) is 0 Å². The molecule has 1 rings (SSSR count). The second kappa shape index (κ2) is 2.06. The number of nitrogens with one attached hydrogen (secondary N) is 1. The molecule has 0 aromatic carbocycles. The Morgan fingerprint density at radius 2 is 2.33 bits per heavy atom. The van der Waals surface area contributed by atoms with Gasteiger partial charge >= 0.3 is 5.69 Å². The summed E-state index contributed by atoms with van der Waals surface area (Å²) in [5.74, 6) is 0. The molecule has 0 saturated heterocycles. The average Bonchev–Trinajstić information content (AvgIpc) is 2.13. The molecule has 0 aliphatic heterocycles. The maximum atomic E-state index is 9.98. The minimum atomic E-state index is -0.543. The number of H-pyrrole nitrogens is 1. The maximum absolute atomic E-state index is 9.98. The summed E-state index contributed by atoms with van der Waals surface area (Å²) < 4.78 is 0. The molecule has 0 aliphatic carbocycles. The first-order valence-corrected chi connectivity index (χ1v) is 2.56. The summed E-state index contributed by atoms with van der Waals surface area (Å²) in [7, 11) is 0. The Labute approximate surface area is 55.6 Å². The van der Waals surface area contributed by atoms with Crippen molar-refractivity contribution in [2.45, 2.75) is 0 Å². The number of hydrogen-bond acceptors (Lipinski definition) is 2. The third-order valence-electron chi connectivity index (χ3n) is 0.872. The zero-order valence-electron chi connectivity index (χ0n) is 4.30. The summed E-state index contributed by atoms with van der Waals surface area (Å²) in [6, 6.07) is 0. The molecule has 0 unspecified atom stereocenters. The van der Waals surface area contributed by atoms with Gasteiger partial charge in [-0.1, -0.05) is 11.6 Å². The van der Waals surface area contributed by atoms with Crippen LogP contribution >= 0.6 is 11.6 Å². The van der Waals surface area contributed by atoms with E-state index in [-0.39, 0.29) is 10.7 Å². The number of hydrogen-bond donors (Lipinski definition) is 1. The maximum Gasteiger partial charge on any atom is 0.305 e. The largest absolute Gasteiger partial charge is 0.360 e. The molecule has 0 radical (unpaired) electrons. The highest BCUT2D eigenvalue weighted by atomic mass is 35.5. The number of halogens is 1. The second-order valence-electron chi connectivity index (χ2n) is 1.45. The highest BCUT2D eigenvalue weighted by Crippen LogP contribution is 2.21. The molecule has 48 valence electrons. The van der Waals surface area contributed by atoms with Crippen LogP contribution in [0.2, 0.25) is 5.02 Å². The monoisotopic (exact) mass is 146 g/mol. The predicted octanol–water partition coefficient (Wildman–Crippen LogP) is 1.58. The summed E-state index contributed by atoms with van der Waals surface area (Å²) >= 11 is 5.36. The van der Waals surface area contributed by atoms with Crippen LogP contribution in [-0.2, 0) is 0 Å². The van der Waals surface area contributed by atoms with E-state index in [4.69, 9.17) is 11.6 Å². The molecule has 9 heavy (non-hydrogen) atoms. The fourth-order valence-corrected chi connectivity index (χ4v) is 0.663. The lowest BCUT2D eigenvalue weighted by Crippen LogP contribution is -1.83. The number of aromatic amines is 1. The first-order chi connectivity index (χ1) is 4.22. The van der Waals surface area contributed by atoms with E-state index in [2.05, 4.69) is 4.98 Å². The lowest BCUT2D eigenvalue weighted by atomic mass is 10.5. The molecule has 0 bridgehead atoms. The number of nitrogens with zero attached hydrogens (tertiary/aromatic N) is 1. The van der Waals surface area contributed by atoms with Crippen molar-refractivity contribution in [3.8, 4) is 0 Å². The molecule has 1 aromatic rings. The van der Waals surface area contributed by atoms with E-state index in [1.807, 2.05) is 0 Å². The number of rotatable bonds is 1. The van der Waals surface area contributed by atoms with Crippen LogP contribution in [0.1, 0.15) is 0 Å². The summed E-state index contributed by atoms with van der Waals surface area (Å²) in [5, 5.41) is 10.1. The van der Waals surface area contributed by atoms with Crippen LogP contribution < -0.4 is 0 Å². The zero-order chi connectivity index (χ0) is 6.85. The van der Waals surface area contributed by atoms with Gasteiger partial charge in [0.05, 0.1) is 11.1 Å². The molecule has 1 N–H and O–H groups in total. The van der Waals surface area contributed by atoms with Gasteiger partial charge in [0.25, 0.3) is 0 Å². The Morgan fingerprint density at radius 1 is 1.67 bits per heavy atom. The van der Waals surface area contributed by atoms with Gasteiger partial charge in [-0.15, -0.1) is 0 Å². The van der Waals surface area contributed by atoms with E-state index in [0.29, 0.717) is 0 Å². The summed E-state index contributed by atoms with van der Waals surface area (Å²) in [5.41, 5.74) is -0.0864. The van der Waals surface area contributed by atoms with Crippen LogP contribution in [0.4, 0.5) is 5.69 Å². The van der Waals surface area contributed by atoms with Crippen LogP contribution in [0.15, 0.2) is 12.4 Å². The molecule has 0 atom stereocenters. The van der Waals surface area contributed by atoms with Gasteiger partial charge in [-0.2, -0.15) is 0 Å². The van der Waals surface area contributed by atoms with Crippen molar-refractivity contribution in [1.29, 1.82) is 0 Å². The van der Waals surface area contributed by atoms with Gasteiger partial charge in [0, 0.05) is 6.20 Å². The van der Waals surface area contributed by atoms with E-state index in [1.165, 1.54) is 12.4 Å². The zero-order valence-corrected chi connectivity index (χ0v) is 5.05. The SMILES string of the molecule is O=[N+]([O-])c1c[nH]cc1Cl. The van der Waals surface area contributed by atoms with Crippen LogP contribution in [-0.4, -0.2) is 9.91 Å². The molecule has 5 heteroatoms. The number of nitro groups is 1. The summed E-state index contributed by atoms with van der Waals surface area (Å²) in [4.78, 5) is 11.9. The second-order valence-corrected chi connectivity index (χ2v) is 1.85. The topological polar surface area (TPSA) is 58.9 Å². The van der Waals surface area contributed by atoms with E-state index in [9.17, 15) is 10.1 Å². The van der Waals surface area contributed by atoms with E-state index < -0.39 is 4.92 Å². The van der Waals surface area contributed by atoms with Crippen LogP contribution in [0.3, 0.4) is 0 Å². The van der Waals surface area contributed by atoms with Crippen molar-refractivity contribution in [1.82, 2.24) is 4.98 Å². The minimum absolute atomic E-state index is 0.0864. The molecule has 1 aromatic heterocycles. The first kappa shape index (κ1) is 6.10. The van der Waals surface area contributed by atoms with Crippen molar-refractivity contribution in [2.75, 3.05) is 0 Å². The Hall–Kier alpha value is -1.03.